The molecule has 0 heterocycles. The Bertz CT molecular complexity index is 1170. The van der Waals surface area contributed by atoms with Gasteiger partial charge in [0.05, 0.1) is 11.8 Å². The lowest BCUT2D eigenvalue weighted by Gasteiger charge is -2.12. The number of ether oxygens (including phenoxy) is 1. The number of amides is 2. The Morgan fingerprint density at radius 1 is 1.09 bits per heavy atom. The van der Waals surface area contributed by atoms with E-state index < -0.39 is 11.9 Å². The number of halogens is 3. The first-order valence-corrected chi connectivity index (χ1v) is 11.4. The maximum absolute atomic E-state index is 12.3. The normalized spacial score (nSPS) is 11.8. The fourth-order valence-corrected chi connectivity index (χ4v) is 3.63. The van der Waals surface area contributed by atoms with E-state index in [1.807, 2.05) is 6.07 Å². The molecule has 3 aromatic rings. The van der Waals surface area contributed by atoms with Gasteiger partial charge < -0.3 is 10.1 Å². The smallest absolute Gasteiger partial charge is 0.262 e. The standard InChI is InChI=1S/C24H20BrCl2N3O3/c1-15(29-24(32)20-4-2-3-5-21(20)25)23(31)30-28-13-16-6-10-19(11-7-16)33-14-17-8-9-18(26)12-22(17)27/h2-13,15H,14H2,1H3,(H,29,32)(H,30,31). The van der Waals surface area contributed by atoms with Gasteiger partial charge in [-0.25, -0.2) is 5.43 Å². The maximum atomic E-state index is 12.3. The van der Waals surface area contributed by atoms with Crippen LogP contribution in [0, 0.1) is 0 Å². The molecule has 3 aromatic carbocycles. The molecule has 1 atom stereocenters. The molecule has 2 amide bonds. The van der Waals surface area contributed by atoms with Crippen LogP contribution in [0.1, 0.15) is 28.4 Å². The molecule has 0 radical (unpaired) electrons. The SMILES string of the molecule is CC(NC(=O)c1ccccc1Br)C(=O)NN=Cc1ccc(OCc2ccc(Cl)cc2Cl)cc1. The summed E-state index contributed by atoms with van der Waals surface area (Å²) in [4.78, 5) is 24.5. The van der Waals surface area contributed by atoms with Crippen molar-refractivity contribution in [3.8, 4) is 5.75 Å². The van der Waals surface area contributed by atoms with E-state index in [2.05, 4.69) is 31.8 Å². The van der Waals surface area contributed by atoms with Crippen molar-refractivity contribution in [3.63, 3.8) is 0 Å². The molecule has 33 heavy (non-hydrogen) atoms. The zero-order valence-electron chi connectivity index (χ0n) is 17.5. The molecule has 0 saturated carbocycles. The van der Waals surface area contributed by atoms with E-state index in [9.17, 15) is 9.59 Å². The number of nitrogens with zero attached hydrogens (tertiary/aromatic N) is 1. The van der Waals surface area contributed by atoms with Crippen molar-refractivity contribution >= 4 is 57.2 Å². The van der Waals surface area contributed by atoms with Gasteiger partial charge in [-0.05, 0) is 76.9 Å². The molecule has 0 fully saturated rings. The van der Waals surface area contributed by atoms with Gasteiger partial charge in [-0.3, -0.25) is 9.59 Å². The summed E-state index contributed by atoms with van der Waals surface area (Å²) < 4.78 is 6.39. The lowest BCUT2D eigenvalue weighted by Crippen LogP contribution is -2.43. The zero-order valence-corrected chi connectivity index (χ0v) is 20.6. The Hall–Kier alpha value is -2.87. The Balaban J connectivity index is 1.48. The van der Waals surface area contributed by atoms with Crippen molar-refractivity contribution in [3.05, 3.63) is 97.9 Å². The highest BCUT2D eigenvalue weighted by Gasteiger charge is 2.17. The fourth-order valence-electron chi connectivity index (χ4n) is 2.70. The number of benzene rings is 3. The predicted molar refractivity (Wildman–Crippen MR) is 134 cm³/mol. The Kier molecular flexibility index (Phi) is 8.88. The van der Waals surface area contributed by atoms with E-state index in [1.165, 1.54) is 6.21 Å². The fraction of sp³-hybridized carbons (Fsp3) is 0.125. The minimum absolute atomic E-state index is 0.308. The summed E-state index contributed by atoms with van der Waals surface area (Å²) in [6.45, 7) is 1.89. The van der Waals surface area contributed by atoms with Gasteiger partial charge in [-0.2, -0.15) is 5.10 Å². The third-order valence-corrected chi connectivity index (χ3v) is 5.82. The van der Waals surface area contributed by atoms with Crippen LogP contribution in [0.3, 0.4) is 0 Å². The summed E-state index contributed by atoms with van der Waals surface area (Å²) in [5.74, 6) is -0.137. The molecule has 0 spiro atoms. The summed E-state index contributed by atoms with van der Waals surface area (Å²) >= 11 is 15.4. The van der Waals surface area contributed by atoms with E-state index in [1.54, 1.807) is 67.6 Å². The molecule has 2 N–H and O–H groups in total. The maximum Gasteiger partial charge on any atom is 0.262 e. The molecule has 9 heteroatoms. The topological polar surface area (TPSA) is 79.8 Å². The lowest BCUT2D eigenvalue weighted by molar-refractivity contribution is -0.122. The van der Waals surface area contributed by atoms with E-state index >= 15 is 0 Å². The quantitative estimate of drug-likeness (QED) is 0.284. The van der Waals surface area contributed by atoms with Gasteiger partial charge in [0, 0.05) is 20.1 Å². The van der Waals surface area contributed by atoms with E-state index in [4.69, 9.17) is 27.9 Å². The highest BCUT2D eigenvalue weighted by molar-refractivity contribution is 9.10. The van der Waals surface area contributed by atoms with Crippen LogP contribution in [0.5, 0.6) is 5.75 Å². The third kappa shape index (κ3) is 7.32. The van der Waals surface area contributed by atoms with Crippen molar-refractivity contribution in [1.29, 1.82) is 0 Å². The molecule has 0 saturated heterocycles. The van der Waals surface area contributed by atoms with Gasteiger partial charge in [0.2, 0.25) is 0 Å². The highest BCUT2D eigenvalue weighted by Crippen LogP contribution is 2.23. The van der Waals surface area contributed by atoms with Crippen LogP contribution in [0.25, 0.3) is 0 Å². The molecule has 0 aliphatic carbocycles. The monoisotopic (exact) mass is 547 g/mol. The highest BCUT2D eigenvalue weighted by atomic mass is 79.9. The van der Waals surface area contributed by atoms with Gasteiger partial charge in [0.15, 0.2) is 0 Å². The van der Waals surface area contributed by atoms with Crippen LogP contribution in [-0.4, -0.2) is 24.1 Å². The van der Waals surface area contributed by atoms with Crippen molar-refractivity contribution < 1.29 is 14.3 Å². The summed E-state index contributed by atoms with van der Waals surface area (Å²) in [6.07, 6.45) is 1.50. The number of carbonyl (C=O) groups excluding carboxylic acids is 2. The summed E-state index contributed by atoms with van der Waals surface area (Å²) in [6, 6.07) is 18.6. The van der Waals surface area contributed by atoms with Crippen LogP contribution in [0.2, 0.25) is 10.0 Å². The van der Waals surface area contributed by atoms with Gasteiger partial charge in [-0.1, -0.05) is 41.4 Å². The first kappa shape index (κ1) is 24.8. The van der Waals surface area contributed by atoms with Crippen LogP contribution in [-0.2, 0) is 11.4 Å². The average Bonchev–Trinajstić information content (AvgIpc) is 2.79. The van der Waals surface area contributed by atoms with Crippen molar-refractivity contribution in [2.24, 2.45) is 5.10 Å². The Morgan fingerprint density at radius 3 is 2.52 bits per heavy atom. The van der Waals surface area contributed by atoms with Crippen molar-refractivity contribution in [2.45, 2.75) is 19.6 Å². The van der Waals surface area contributed by atoms with Crippen molar-refractivity contribution in [2.75, 3.05) is 0 Å². The predicted octanol–water partition coefficient (Wildman–Crippen LogP) is 5.60. The van der Waals surface area contributed by atoms with E-state index in [0.29, 0.717) is 32.4 Å². The number of nitrogens with one attached hydrogen (secondary N) is 2. The Morgan fingerprint density at radius 2 is 1.82 bits per heavy atom. The molecule has 170 valence electrons. The lowest BCUT2D eigenvalue weighted by atomic mass is 10.2. The van der Waals surface area contributed by atoms with E-state index in [-0.39, 0.29) is 5.91 Å². The largest absolute Gasteiger partial charge is 0.489 e. The van der Waals surface area contributed by atoms with Crippen LogP contribution in [0.4, 0.5) is 0 Å². The molecule has 0 aromatic heterocycles. The number of hydrogen-bond acceptors (Lipinski definition) is 4. The number of hydrogen-bond donors (Lipinski definition) is 2. The molecule has 0 aliphatic heterocycles. The first-order chi connectivity index (χ1) is 15.8. The molecule has 1 unspecified atom stereocenters. The summed E-state index contributed by atoms with van der Waals surface area (Å²) in [7, 11) is 0. The number of hydrazone groups is 1. The second kappa shape index (κ2) is 11.8. The molecule has 0 bridgehead atoms. The van der Waals surface area contributed by atoms with Crippen LogP contribution >= 0.6 is 39.1 Å². The molecular weight excluding hydrogens is 529 g/mol. The summed E-state index contributed by atoms with van der Waals surface area (Å²) in [5, 5.41) is 7.70. The minimum atomic E-state index is -0.766. The second-order valence-electron chi connectivity index (χ2n) is 7.00. The molecule has 6 nitrogen and oxygen atoms in total. The minimum Gasteiger partial charge on any atom is -0.489 e. The third-order valence-electron chi connectivity index (χ3n) is 4.54. The molecule has 3 rings (SSSR count). The van der Waals surface area contributed by atoms with Gasteiger partial charge in [0.25, 0.3) is 11.8 Å². The zero-order chi connectivity index (χ0) is 23.8. The molecule has 0 aliphatic rings. The van der Waals surface area contributed by atoms with Crippen molar-refractivity contribution in [1.82, 2.24) is 10.7 Å². The number of carbonyl (C=O) groups is 2. The average molecular weight is 549 g/mol. The van der Waals surface area contributed by atoms with E-state index in [0.717, 1.165) is 11.1 Å². The first-order valence-electron chi connectivity index (χ1n) is 9.88. The molecular formula is C24H20BrCl2N3O3. The van der Waals surface area contributed by atoms with Crippen LogP contribution in [0.15, 0.2) is 76.3 Å². The number of rotatable bonds is 8. The van der Waals surface area contributed by atoms with Gasteiger partial charge >= 0.3 is 0 Å². The van der Waals surface area contributed by atoms with Gasteiger partial charge in [0.1, 0.15) is 18.4 Å². The second-order valence-corrected chi connectivity index (χ2v) is 8.70. The van der Waals surface area contributed by atoms with Crippen LogP contribution < -0.4 is 15.5 Å². The van der Waals surface area contributed by atoms with Gasteiger partial charge in [-0.15, -0.1) is 0 Å². The Labute approximate surface area is 210 Å². The summed E-state index contributed by atoms with van der Waals surface area (Å²) in [5.41, 5.74) is 4.46.